The molecule has 1 atom stereocenters. The van der Waals surface area contributed by atoms with E-state index < -0.39 is 17.7 Å². The lowest BCUT2D eigenvalue weighted by molar-refractivity contribution is -0.117. The van der Waals surface area contributed by atoms with E-state index in [2.05, 4.69) is 10.6 Å². The molecule has 3 rings (SSSR count). The van der Waals surface area contributed by atoms with Crippen LogP contribution >= 0.6 is 0 Å². The molecule has 3 aromatic carbocycles. The van der Waals surface area contributed by atoms with Crippen molar-refractivity contribution in [3.05, 3.63) is 90.0 Å². The molecule has 0 spiro atoms. The number of halogens is 2. The van der Waals surface area contributed by atoms with Gasteiger partial charge in [0.2, 0.25) is 0 Å². The van der Waals surface area contributed by atoms with Crippen molar-refractivity contribution < 1.29 is 18.3 Å². The average molecular weight is 368 g/mol. The molecule has 1 unspecified atom stereocenters. The summed E-state index contributed by atoms with van der Waals surface area (Å²) in [6.07, 6.45) is 0. The van der Waals surface area contributed by atoms with Gasteiger partial charge in [0.1, 0.15) is 11.8 Å². The lowest BCUT2D eigenvalue weighted by atomic mass is 10.1. The molecule has 0 aliphatic rings. The van der Waals surface area contributed by atoms with Crippen molar-refractivity contribution in [2.45, 2.75) is 6.04 Å². The molecule has 0 aliphatic heterocycles. The van der Waals surface area contributed by atoms with Crippen molar-refractivity contribution in [3.63, 3.8) is 0 Å². The maximum Gasteiger partial charge on any atom is 0.251 e. The maximum absolute atomic E-state index is 13.5. The second-order valence-corrected chi connectivity index (χ2v) is 5.83. The maximum atomic E-state index is 13.5. The largest absolute Gasteiger partial charge is 0.497 e. The molecule has 1 amide bonds. The summed E-state index contributed by atoms with van der Waals surface area (Å²) in [5.74, 6) is -1.59. The molecule has 3 aromatic rings. The third-order valence-electron chi connectivity index (χ3n) is 3.98. The van der Waals surface area contributed by atoms with Crippen molar-refractivity contribution in [1.82, 2.24) is 0 Å². The number of benzene rings is 3. The van der Waals surface area contributed by atoms with Crippen LogP contribution in [0.25, 0.3) is 0 Å². The van der Waals surface area contributed by atoms with E-state index in [-0.39, 0.29) is 5.91 Å². The molecular weight excluding hydrogens is 350 g/mol. The number of anilines is 2. The summed E-state index contributed by atoms with van der Waals surface area (Å²) in [6.45, 7) is 0. The highest BCUT2D eigenvalue weighted by Gasteiger charge is 2.21. The second-order valence-electron chi connectivity index (χ2n) is 5.83. The molecular formula is C21H18F2N2O2. The zero-order valence-electron chi connectivity index (χ0n) is 14.6. The van der Waals surface area contributed by atoms with Gasteiger partial charge in [0, 0.05) is 17.4 Å². The van der Waals surface area contributed by atoms with E-state index in [1.807, 2.05) is 6.07 Å². The van der Waals surface area contributed by atoms with Gasteiger partial charge in [0.05, 0.1) is 7.11 Å². The Labute approximate surface area is 155 Å². The first-order chi connectivity index (χ1) is 13.1. The SMILES string of the molecule is COc1ccc(NC(=O)C(Nc2ccc(F)c(F)c2)c2ccccc2)cc1. The Bertz CT molecular complexity index is 915. The van der Waals surface area contributed by atoms with E-state index in [4.69, 9.17) is 4.74 Å². The Hall–Kier alpha value is -3.41. The summed E-state index contributed by atoms with van der Waals surface area (Å²) in [6, 6.07) is 18.5. The van der Waals surface area contributed by atoms with Crippen LogP contribution in [-0.4, -0.2) is 13.0 Å². The van der Waals surface area contributed by atoms with Gasteiger partial charge in [-0.05, 0) is 42.0 Å². The summed E-state index contributed by atoms with van der Waals surface area (Å²) < 4.78 is 31.8. The van der Waals surface area contributed by atoms with Crippen LogP contribution in [0.4, 0.5) is 20.2 Å². The average Bonchev–Trinajstić information content (AvgIpc) is 2.70. The number of carbonyl (C=O) groups excluding carboxylic acids is 1. The number of ether oxygens (including phenoxy) is 1. The second kappa shape index (κ2) is 8.31. The molecule has 0 heterocycles. The van der Waals surface area contributed by atoms with Crippen LogP contribution in [0.15, 0.2) is 72.8 Å². The van der Waals surface area contributed by atoms with Crippen LogP contribution in [0.2, 0.25) is 0 Å². The first-order valence-corrected chi connectivity index (χ1v) is 8.28. The van der Waals surface area contributed by atoms with Gasteiger partial charge in [-0.2, -0.15) is 0 Å². The molecule has 0 radical (unpaired) electrons. The van der Waals surface area contributed by atoms with E-state index in [1.165, 1.54) is 6.07 Å². The van der Waals surface area contributed by atoms with Gasteiger partial charge in [-0.25, -0.2) is 8.78 Å². The molecule has 0 aliphatic carbocycles. The third kappa shape index (κ3) is 4.61. The van der Waals surface area contributed by atoms with Gasteiger partial charge in [-0.1, -0.05) is 30.3 Å². The zero-order chi connectivity index (χ0) is 19.2. The third-order valence-corrected chi connectivity index (χ3v) is 3.98. The molecule has 6 heteroatoms. The van der Waals surface area contributed by atoms with Crippen molar-refractivity contribution >= 4 is 17.3 Å². The van der Waals surface area contributed by atoms with Crippen molar-refractivity contribution in [1.29, 1.82) is 0 Å². The fraction of sp³-hybridized carbons (Fsp3) is 0.0952. The molecule has 138 valence electrons. The molecule has 0 aromatic heterocycles. The Morgan fingerprint density at radius 1 is 0.889 bits per heavy atom. The monoisotopic (exact) mass is 368 g/mol. The Kier molecular flexibility index (Phi) is 5.66. The molecule has 2 N–H and O–H groups in total. The highest BCUT2D eigenvalue weighted by Crippen LogP contribution is 2.23. The van der Waals surface area contributed by atoms with E-state index in [0.717, 1.165) is 12.1 Å². The highest BCUT2D eigenvalue weighted by molar-refractivity contribution is 5.97. The van der Waals surface area contributed by atoms with Crippen molar-refractivity contribution in [3.8, 4) is 5.75 Å². The van der Waals surface area contributed by atoms with Gasteiger partial charge in [-0.3, -0.25) is 4.79 Å². The van der Waals surface area contributed by atoms with Crippen LogP contribution in [-0.2, 0) is 4.79 Å². The quantitative estimate of drug-likeness (QED) is 0.659. The predicted molar refractivity (Wildman–Crippen MR) is 101 cm³/mol. The van der Waals surface area contributed by atoms with Crippen LogP contribution in [0.1, 0.15) is 11.6 Å². The van der Waals surface area contributed by atoms with Crippen LogP contribution in [0.3, 0.4) is 0 Å². The van der Waals surface area contributed by atoms with Crippen molar-refractivity contribution in [2.75, 3.05) is 17.7 Å². The first-order valence-electron chi connectivity index (χ1n) is 8.28. The Morgan fingerprint density at radius 2 is 1.56 bits per heavy atom. The number of nitrogens with one attached hydrogen (secondary N) is 2. The summed E-state index contributed by atoms with van der Waals surface area (Å²) in [5, 5.41) is 5.78. The Balaban J connectivity index is 1.84. The number of amides is 1. The summed E-state index contributed by atoms with van der Waals surface area (Å²) in [7, 11) is 1.56. The van der Waals surface area contributed by atoms with E-state index in [1.54, 1.807) is 55.6 Å². The molecule has 0 fully saturated rings. The minimum absolute atomic E-state index is 0.299. The van der Waals surface area contributed by atoms with E-state index in [9.17, 15) is 13.6 Å². The van der Waals surface area contributed by atoms with Gasteiger partial charge >= 0.3 is 0 Å². The first kappa shape index (κ1) is 18.4. The zero-order valence-corrected chi connectivity index (χ0v) is 14.6. The molecule has 4 nitrogen and oxygen atoms in total. The number of rotatable bonds is 6. The fourth-order valence-corrected chi connectivity index (χ4v) is 2.59. The number of hydrogen-bond donors (Lipinski definition) is 2. The van der Waals surface area contributed by atoms with E-state index in [0.29, 0.717) is 22.7 Å². The molecule has 27 heavy (non-hydrogen) atoms. The van der Waals surface area contributed by atoms with Crippen LogP contribution in [0, 0.1) is 11.6 Å². The van der Waals surface area contributed by atoms with Crippen molar-refractivity contribution in [2.24, 2.45) is 0 Å². The summed E-state index contributed by atoms with van der Waals surface area (Å²) in [5.41, 5.74) is 1.58. The smallest absolute Gasteiger partial charge is 0.251 e. The van der Waals surface area contributed by atoms with Gasteiger partial charge in [-0.15, -0.1) is 0 Å². The minimum Gasteiger partial charge on any atom is -0.497 e. The molecule has 0 saturated heterocycles. The summed E-state index contributed by atoms with van der Waals surface area (Å²) in [4.78, 5) is 12.9. The number of carbonyl (C=O) groups is 1. The predicted octanol–water partition coefficient (Wildman–Crippen LogP) is 4.77. The van der Waals surface area contributed by atoms with Crippen LogP contribution < -0.4 is 15.4 Å². The Morgan fingerprint density at radius 3 is 2.19 bits per heavy atom. The normalized spacial score (nSPS) is 11.5. The lowest BCUT2D eigenvalue weighted by Crippen LogP contribution is -2.27. The van der Waals surface area contributed by atoms with E-state index >= 15 is 0 Å². The lowest BCUT2D eigenvalue weighted by Gasteiger charge is -2.20. The highest BCUT2D eigenvalue weighted by atomic mass is 19.2. The fourth-order valence-electron chi connectivity index (χ4n) is 2.59. The molecule has 0 bridgehead atoms. The van der Waals surface area contributed by atoms with Gasteiger partial charge in [0.25, 0.3) is 5.91 Å². The topological polar surface area (TPSA) is 50.4 Å². The van der Waals surface area contributed by atoms with Crippen LogP contribution in [0.5, 0.6) is 5.75 Å². The standard InChI is InChI=1S/C21H18F2N2O2/c1-27-17-10-7-15(8-11-17)25-21(26)20(14-5-3-2-4-6-14)24-16-9-12-18(22)19(23)13-16/h2-13,20,24H,1H3,(H,25,26). The number of methoxy groups -OCH3 is 1. The number of hydrogen-bond acceptors (Lipinski definition) is 3. The molecule has 0 saturated carbocycles. The minimum atomic E-state index is -0.984. The van der Waals surface area contributed by atoms with Gasteiger partial charge < -0.3 is 15.4 Å². The van der Waals surface area contributed by atoms with Gasteiger partial charge in [0.15, 0.2) is 11.6 Å². The summed E-state index contributed by atoms with van der Waals surface area (Å²) >= 11 is 0.